The summed E-state index contributed by atoms with van der Waals surface area (Å²) in [5.74, 6) is 0.988. The molecule has 1 aromatic carbocycles. The van der Waals surface area contributed by atoms with Crippen LogP contribution in [0.15, 0.2) is 22.7 Å². The van der Waals surface area contributed by atoms with E-state index in [1.807, 2.05) is 23.1 Å². The van der Waals surface area contributed by atoms with E-state index in [9.17, 15) is 4.79 Å². The summed E-state index contributed by atoms with van der Waals surface area (Å²) in [5.41, 5.74) is 1.40. The van der Waals surface area contributed by atoms with Gasteiger partial charge in [0.05, 0.1) is 13.5 Å². The van der Waals surface area contributed by atoms with E-state index in [-0.39, 0.29) is 18.3 Å². The molecule has 0 aromatic heterocycles. The Hall–Kier alpha value is -0.780. The van der Waals surface area contributed by atoms with Crippen LogP contribution in [0.2, 0.25) is 0 Å². The number of amides is 1. The molecule has 2 aliphatic rings. The number of hydrogen-bond donors (Lipinski definition) is 1. The molecule has 0 atom stereocenters. The number of piperidine rings is 1. The van der Waals surface area contributed by atoms with Gasteiger partial charge in [0, 0.05) is 29.7 Å². The van der Waals surface area contributed by atoms with Gasteiger partial charge in [-0.3, -0.25) is 4.79 Å². The van der Waals surface area contributed by atoms with Crippen LogP contribution in [0.3, 0.4) is 0 Å². The van der Waals surface area contributed by atoms with E-state index < -0.39 is 0 Å². The van der Waals surface area contributed by atoms with Crippen LogP contribution in [0.1, 0.15) is 24.8 Å². The Kier molecular flexibility index (Phi) is 6.34. The minimum Gasteiger partial charge on any atom is -0.496 e. The highest BCUT2D eigenvalue weighted by Crippen LogP contribution is 2.37. The maximum atomic E-state index is 12.6. The Balaban J connectivity index is 0.00000192. The molecule has 4 nitrogen and oxygen atoms in total. The zero-order valence-electron chi connectivity index (χ0n) is 13.4. The first-order valence-electron chi connectivity index (χ1n) is 7.93. The van der Waals surface area contributed by atoms with Crippen LogP contribution in [0, 0.1) is 5.41 Å². The predicted molar refractivity (Wildman–Crippen MR) is 97.4 cm³/mol. The van der Waals surface area contributed by atoms with Crippen molar-refractivity contribution in [1.29, 1.82) is 0 Å². The van der Waals surface area contributed by atoms with Gasteiger partial charge in [-0.2, -0.15) is 0 Å². The smallest absolute Gasteiger partial charge is 0.227 e. The standard InChI is InChI=1S/C17H23BrN2O2.ClH/c1-22-15-3-2-14(18)10-13(15)11-16(21)20-8-5-17(6-9-20)4-7-19-12-17;/h2-3,10,19H,4-9,11-12H2,1H3;1H. The topological polar surface area (TPSA) is 41.6 Å². The van der Waals surface area contributed by atoms with Crippen LogP contribution >= 0.6 is 28.3 Å². The van der Waals surface area contributed by atoms with Gasteiger partial charge >= 0.3 is 0 Å². The fraction of sp³-hybridized carbons (Fsp3) is 0.588. The van der Waals surface area contributed by atoms with E-state index in [2.05, 4.69) is 21.2 Å². The van der Waals surface area contributed by atoms with Crippen LogP contribution in [-0.4, -0.2) is 44.1 Å². The van der Waals surface area contributed by atoms with Gasteiger partial charge in [-0.1, -0.05) is 15.9 Å². The van der Waals surface area contributed by atoms with Gasteiger partial charge in [0.2, 0.25) is 5.91 Å². The quantitative estimate of drug-likeness (QED) is 0.843. The molecule has 1 amide bonds. The van der Waals surface area contributed by atoms with Gasteiger partial charge < -0.3 is 15.0 Å². The fourth-order valence-electron chi connectivity index (χ4n) is 3.61. The Morgan fingerprint density at radius 1 is 1.35 bits per heavy atom. The first kappa shape index (κ1) is 18.6. The first-order chi connectivity index (χ1) is 10.6. The number of likely N-dealkylation sites (tertiary alicyclic amines) is 1. The number of benzene rings is 1. The van der Waals surface area contributed by atoms with Crippen LogP contribution in [0.4, 0.5) is 0 Å². The second-order valence-electron chi connectivity index (χ2n) is 6.44. The zero-order valence-corrected chi connectivity index (χ0v) is 15.8. The molecule has 6 heteroatoms. The second kappa shape index (κ2) is 7.86. The van der Waals surface area contributed by atoms with Crippen molar-refractivity contribution >= 4 is 34.2 Å². The summed E-state index contributed by atoms with van der Waals surface area (Å²) in [4.78, 5) is 14.6. The molecule has 1 aromatic rings. The Morgan fingerprint density at radius 3 is 2.70 bits per heavy atom. The summed E-state index contributed by atoms with van der Waals surface area (Å²) < 4.78 is 6.34. The molecule has 0 radical (unpaired) electrons. The van der Waals surface area contributed by atoms with E-state index in [0.717, 1.165) is 54.8 Å². The minimum absolute atomic E-state index is 0. The molecule has 2 saturated heterocycles. The van der Waals surface area contributed by atoms with Gasteiger partial charge in [-0.25, -0.2) is 0 Å². The Morgan fingerprint density at radius 2 is 2.09 bits per heavy atom. The lowest BCUT2D eigenvalue weighted by Crippen LogP contribution is -2.44. The monoisotopic (exact) mass is 402 g/mol. The number of hydrogen-bond acceptors (Lipinski definition) is 3. The molecule has 3 rings (SSSR count). The third-order valence-electron chi connectivity index (χ3n) is 5.09. The lowest BCUT2D eigenvalue weighted by Gasteiger charge is -2.39. The van der Waals surface area contributed by atoms with E-state index in [1.165, 1.54) is 6.42 Å². The molecule has 23 heavy (non-hydrogen) atoms. The molecule has 128 valence electrons. The van der Waals surface area contributed by atoms with Crippen molar-refractivity contribution in [3.05, 3.63) is 28.2 Å². The maximum absolute atomic E-state index is 12.6. The molecule has 0 unspecified atom stereocenters. The molecule has 2 aliphatic heterocycles. The molecule has 2 fully saturated rings. The normalized spacial score (nSPS) is 19.5. The van der Waals surface area contributed by atoms with Gasteiger partial charge in [0.15, 0.2) is 0 Å². The van der Waals surface area contributed by atoms with E-state index in [4.69, 9.17) is 4.74 Å². The lowest BCUT2D eigenvalue weighted by molar-refractivity contribution is -0.132. The highest BCUT2D eigenvalue weighted by Gasteiger charge is 2.37. The summed E-state index contributed by atoms with van der Waals surface area (Å²) in [6, 6.07) is 5.82. The average Bonchev–Trinajstić information content (AvgIpc) is 2.96. The van der Waals surface area contributed by atoms with Crippen molar-refractivity contribution in [3.8, 4) is 5.75 Å². The number of methoxy groups -OCH3 is 1. The largest absolute Gasteiger partial charge is 0.496 e. The molecule has 0 aliphatic carbocycles. The first-order valence-corrected chi connectivity index (χ1v) is 8.72. The Labute approximate surface area is 152 Å². The van der Waals surface area contributed by atoms with Crippen molar-refractivity contribution in [1.82, 2.24) is 10.2 Å². The summed E-state index contributed by atoms with van der Waals surface area (Å²) >= 11 is 3.46. The lowest BCUT2D eigenvalue weighted by atomic mass is 9.78. The number of carbonyl (C=O) groups excluding carboxylic acids is 1. The molecular weight excluding hydrogens is 380 g/mol. The van der Waals surface area contributed by atoms with Crippen LogP contribution < -0.4 is 10.1 Å². The number of nitrogens with one attached hydrogen (secondary N) is 1. The summed E-state index contributed by atoms with van der Waals surface area (Å²) in [5, 5.41) is 3.46. The van der Waals surface area contributed by atoms with Crippen LogP contribution in [0.25, 0.3) is 0 Å². The van der Waals surface area contributed by atoms with Crippen molar-refractivity contribution < 1.29 is 9.53 Å². The van der Waals surface area contributed by atoms with Crippen molar-refractivity contribution in [3.63, 3.8) is 0 Å². The number of ether oxygens (including phenoxy) is 1. The molecule has 1 N–H and O–H groups in total. The van der Waals surface area contributed by atoms with Crippen molar-refractivity contribution in [2.75, 3.05) is 33.3 Å². The zero-order chi connectivity index (χ0) is 15.6. The van der Waals surface area contributed by atoms with Gasteiger partial charge in [0.25, 0.3) is 0 Å². The third-order valence-corrected chi connectivity index (χ3v) is 5.59. The summed E-state index contributed by atoms with van der Waals surface area (Å²) in [7, 11) is 1.65. The van der Waals surface area contributed by atoms with Gasteiger partial charge in [-0.05, 0) is 49.4 Å². The summed E-state index contributed by atoms with van der Waals surface area (Å²) in [6.45, 7) is 4.02. The van der Waals surface area contributed by atoms with Crippen LogP contribution in [-0.2, 0) is 11.2 Å². The molecule has 1 spiro atoms. The van der Waals surface area contributed by atoms with Crippen LogP contribution in [0.5, 0.6) is 5.75 Å². The molecule has 2 heterocycles. The minimum atomic E-state index is 0. The van der Waals surface area contributed by atoms with Gasteiger partial charge in [0.1, 0.15) is 5.75 Å². The summed E-state index contributed by atoms with van der Waals surface area (Å²) in [6.07, 6.45) is 3.92. The average molecular weight is 404 g/mol. The van der Waals surface area contributed by atoms with E-state index >= 15 is 0 Å². The molecule has 0 saturated carbocycles. The number of carbonyl (C=O) groups is 1. The number of nitrogens with zero attached hydrogens (tertiary/aromatic N) is 1. The number of rotatable bonds is 3. The SMILES string of the molecule is COc1ccc(Br)cc1CC(=O)N1CCC2(CCNC2)CC1.Cl. The van der Waals surface area contributed by atoms with E-state index in [1.54, 1.807) is 7.11 Å². The highest BCUT2D eigenvalue weighted by atomic mass is 79.9. The highest BCUT2D eigenvalue weighted by molar-refractivity contribution is 9.10. The predicted octanol–water partition coefficient (Wildman–Crippen LogP) is 3.02. The van der Waals surface area contributed by atoms with Crippen molar-refractivity contribution in [2.24, 2.45) is 5.41 Å². The van der Waals surface area contributed by atoms with E-state index in [0.29, 0.717) is 11.8 Å². The third kappa shape index (κ3) is 4.20. The Bertz CT molecular complexity index is 552. The number of halogens is 2. The molecular formula is C17H24BrClN2O2. The van der Waals surface area contributed by atoms with Crippen molar-refractivity contribution in [2.45, 2.75) is 25.7 Å². The van der Waals surface area contributed by atoms with Gasteiger partial charge in [-0.15, -0.1) is 12.4 Å². The maximum Gasteiger partial charge on any atom is 0.227 e. The fourth-order valence-corrected chi connectivity index (χ4v) is 4.02. The molecule has 0 bridgehead atoms. The second-order valence-corrected chi connectivity index (χ2v) is 7.36.